The molecular formula is C31H34N4O. The van der Waals surface area contributed by atoms with Crippen molar-refractivity contribution >= 4 is 16.7 Å². The van der Waals surface area contributed by atoms with Gasteiger partial charge in [-0.1, -0.05) is 65.8 Å². The second kappa shape index (κ2) is 11.1. The summed E-state index contributed by atoms with van der Waals surface area (Å²) in [4.78, 5) is 8.27. The van der Waals surface area contributed by atoms with Gasteiger partial charge in [0.15, 0.2) is 11.3 Å². The van der Waals surface area contributed by atoms with Gasteiger partial charge in [0.25, 0.3) is 0 Å². The normalized spacial score (nSPS) is 14.9. The van der Waals surface area contributed by atoms with Gasteiger partial charge in [-0.15, -0.1) is 0 Å². The highest BCUT2D eigenvalue weighted by Crippen LogP contribution is 2.34. The lowest BCUT2D eigenvalue weighted by atomic mass is 9.90. The van der Waals surface area contributed by atoms with Crippen LogP contribution in [0.25, 0.3) is 26.9 Å². The van der Waals surface area contributed by atoms with Crippen molar-refractivity contribution in [3.05, 3.63) is 95.0 Å². The van der Waals surface area contributed by atoms with Gasteiger partial charge in [-0.25, -0.2) is 4.85 Å². The van der Waals surface area contributed by atoms with Crippen LogP contribution < -0.4 is 0 Å². The van der Waals surface area contributed by atoms with Crippen LogP contribution in [0, 0.1) is 12.5 Å². The minimum absolute atomic E-state index is 0.654. The van der Waals surface area contributed by atoms with E-state index in [2.05, 4.69) is 76.4 Å². The number of aryl methyl sites for hydroxylation is 1. The van der Waals surface area contributed by atoms with E-state index in [0.29, 0.717) is 5.69 Å². The van der Waals surface area contributed by atoms with Crippen LogP contribution in [0.1, 0.15) is 36.1 Å². The lowest BCUT2D eigenvalue weighted by molar-refractivity contribution is 0.172. The van der Waals surface area contributed by atoms with Crippen LogP contribution in [0.3, 0.4) is 0 Å². The van der Waals surface area contributed by atoms with Crippen molar-refractivity contribution in [3.8, 4) is 11.1 Å². The predicted octanol–water partition coefficient (Wildman–Crippen LogP) is 6.95. The maximum atomic E-state index is 7.23. The van der Waals surface area contributed by atoms with E-state index in [4.69, 9.17) is 11.1 Å². The van der Waals surface area contributed by atoms with Crippen molar-refractivity contribution < 1.29 is 4.52 Å². The molecule has 0 radical (unpaired) electrons. The molecule has 1 fully saturated rings. The molecule has 4 aromatic rings. The Labute approximate surface area is 214 Å². The number of benzene rings is 3. The minimum atomic E-state index is 0.654. The average molecular weight is 479 g/mol. The second-order valence-electron chi connectivity index (χ2n) is 10.2. The van der Waals surface area contributed by atoms with Gasteiger partial charge in [0.2, 0.25) is 0 Å². The molecule has 0 atom stereocenters. The Morgan fingerprint density at radius 2 is 1.75 bits per heavy atom. The maximum absolute atomic E-state index is 7.23. The summed E-state index contributed by atoms with van der Waals surface area (Å²) in [6, 6.07) is 22.9. The maximum Gasteiger partial charge on any atom is 0.187 e. The van der Waals surface area contributed by atoms with E-state index < -0.39 is 0 Å². The van der Waals surface area contributed by atoms with E-state index in [1.165, 1.54) is 31.5 Å². The van der Waals surface area contributed by atoms with Crippen molar-refractivity contribution in [1.29, 1.82) is 0 Å². The highest BCUT2D eigenvalue weighted by molar-refractivity contribution is 5.89. The quantitative estimate of drug-likeness (QED) is 0.257. The van der Waals surface area contributed by atoms with Gasteiger partial charge in [-0.2, -0.15) is 0 Å². The molecular weight excluding hydrogens is 444 g/mol. The van der Waals surface area contributed by atoms with Gasteiger partial charge >= 0.3 is 0 Å². The van der Waals surface area contributed by atoms with Crippen LogP contribution >= 0.6 is 0 Å². The first kappa shape index (κ1) is 24.2. The summed E-state index contributed by atoms with van der Waals surface area (Å²) in [5, 5.41) is 5.67. The lowest BCUT2D eigenvalue weighted by Crippen LogP contribution is -2.33. The zero-order valence-corrected chi connectivity index (χ0v) is 21.3. The fourth-order valence-electron chi connectivity index (χ4n) is 5.36. The number of fused-ring (bicyclic) bond motifs is 1. The summed E-state index contributed by atoms with van der Waals surface area (Å²) in [6.07, 6.45) is 4.61. The Balaban J connectivity index is 1.28. The van der Waals surface area contributed by atoms with Gasteiger partial charge < -0.3 is 9.42 Å². The second-order valence-corrected chi connectivity index (χ2v) is 10.2. The highest BCUT2D eigenvalue weighted by atomic mass is 16.5. The van der Waals surface area contributed by atoms with Crippen LogP contribution in [-0.2, 0) is 19.5 Å². The van der Waals surface area contributed by atoms with Crippen molar-refractivity contribution in [2.45, 2.75) is 38.8 Å². The Kier molecular flexibility index (Phi) is 7.46. The number of rotatable bonds is 8. The summed E-state index contributed by atoms with van der Waals surface area (Å²) in [5.74, 6) is 0.741. The van der Waals surface area contributed by atoms with Gasteiger partial charge in [0.1, 0.15) is 0 Å². The van der Waals surface area contributed by atoms with Gasteiger partial charge in [0, 0.05) is 24.0 Å². The molecule has 1 aliphatic heterocycles. The molecule has 0 saturated carbocycles. The minimum Gasteiger partial charge on any atom is -0.356 e. The summed E-state index contributed by atoms with van der Waals surface area (Å²) in [6.45, 7) is 11.4. The van der Waals surface area contributed by atoms with Crippen molar-refractivity contribution in [3.63, 3.8) is 0 Å². The molecule has 1 aromatic heterocycles. The molecule has 36 heavy (non-hydrogen) atoms. The molecule has 5 rings (SSSR count). The van der Waals surface area contributed by atoms with Crippen LogP contribution in [0.2, 0.25) is 0 Å². The number of hydrogen-bond donors (Lipinski definition) is 0. The van der Waals surface area contributed by atoms with E-state index in [0.717, 1.165) is 65.2 Å². The largest absolute Gasteiger partial charge is 0.356 e. The first-order valence-corrected chi connectivity index (χ1v) is 12.9. The molecule has 5 nitrogen and oxygen atoms in total. The number of aromatic nitrogens is 1. The average Bonchev–Trinajstić information content (AvgIpc) is 3.32. The molecule has 0 spiro atoms. The summed E-state index contributed by atoms with van der Waals surface area (Å²) in [5.41, 5.74) is 7.42. The first-order valence-electron chi connectivity index (χ1n) is 12.9. The zero-order valence-electron chi connectivity index (χ0n) is 21.3. The molecule has 3 aromatic carbocycles. The zero-order chi connectivity index (χ0) is 24.9. The SMILES string of the molecule is [C-]#[N+]c1ccc(-c2ccc3c(CCC4CCN(Cc5ccccc5)CC4)noc3c2CN(C)C)cc1. The van der Waals surface area contributed by atoms with Crippen molar-refractivity contribution in [2.75, 3.05) is 27.2 Å². The van der Waals surface area contributed by atoms with Crippen molar-refractivity contribution in [1.82, 2.24) is 15.0 Å². The van der Waals surface area contributed by atoms with Crippen molar-refractivity contribution in [2.24, 2.45) is 5.92 Å². The summed E-state index contributed by atoms with van der Waals surface area (Å²) < 4.78 is 5.98. The third-order valence-corrected chi connectivity index (χ3v) is 7.35. The fourth-order valence-corrected chi connectivity index (χ4v) is 5.36. The van der Waals surface area contributed by atoms with E-state index in [9.17, 15) is 0 Å². The molecule has 2 heterocycles. The molecule has 184 valence electrons. The summed E-state index contributed by atoms with van der Waals surface area (Å²) >= 11 is 0. The molecule has 1 aliphatic rings. The van der Waals surface area contributed by atoms with E-state index >= 15 is 0 Å². The topological polar surface area (TPSA) is 36.9 Å². The standard InChI is InChI=1S/C31H34N4O/c1-32-26-12-10-25(11-13-26)27-14-15-28-30(33-36-31(28)29(27)22-34(2)3)16-9-23-17-19-35(20-18-23)21-24-7-5-4-6-8-24/h4-8,10-15,23H,9,16-22H2,2-3H3. The van der Waals surface area contributed by atoms with E-state index in [1.807, 2.05) is 24.3 Å². The Morgan fingerprint density at radius 3 is 2.44 bits per heavy atom. The van der Waals surface area contributed by atoms with Crippen LogP contribution in [0.15, 0.2) is 71.3 Å². The molecule has 0 unspecified atom stereocenters. The van der Waals surface area contributed by atoms with Crippen LogP contribution in [-0.4, -0.2) is 42.1 Å². The number of hydrogen-bond acceptors (Lipinski definition) is 4. The monoisotopic (exact) mass is 478 g/mol. The predicted molar refractivity (Wildman–Crippen MR) is 146 cm³/mol. The number of likely N-dealkylation sites (tertiary alicyclic amines) is 1. The Bertz CT molecular complexity index is 1330. The smallest absolute Gasteiger partial charge is 0.187 e. The molecule has 0 amide bonds. The molecule has 5 heteroatoms. The summed E-state index contributed by atoms with van der Waals surface area (Å²) in [7, 11) is 4.15. The van der Waals surface area contributed by atoms with Gasteiger partial charge in [-0.3, -0.25) is 4.90 Å². The molecule has 1 saturated heterocycles. The van der Waals surface area contributed by atoms with Gasteiger partial charge in [-0.05, 0) is 81.5 Å². The fraction of sp³-hybridized carbons (Fsp3) is 0.355. The number of piperidine rings is 1. The Morgan fingerprint density at radius 1 is 1.00 bits per heavy atom. The number of nitrogens with zero attached hydrogens (tertiary/aromatic N) is 4. The Hall–Kier alpha value is -3.46. The third kappa shape index (κ3) is 5.51. The molecule has 0 bridgehead atoms. The van der Waals surface area contributed by atoms with E-state index in [-0.39, 0.29) is 0 Å². The van der Waals surface area contributed by atoms with Gasteiger partial charge in [0.05, 0.1) is 12.3 Å². The first-order chi connectivity index (χ1) is 17.6. The molecule has 0 aliphatic carbocycles. The highest BCUT2D eigenvalue weighted by Gasteiger charge is 2.22. The third-order valence-electron chi connectivity index (χ3n) is 7.35. The van der Waals surface area contributed by atoms with Crippen LogP contribution in [0.5, 0.6) is 0 Å². The lowest BCUT2D eigenvalue weighted by Gasteiger charge is -2.32. The van der Waals surface area contributed by atoms with E-state index in [1.54, 1.807) is 0 Å². The van der Waals surface area contributed by atoms with Crippen LogP contribution in [0.4, 0.5) is 5.69 Å². The molecule has 0 N–H and O–H groups in total.